The number of aromatic nitrogens is 1. The number of rotatable bonds is 3. The van der Waals surface area contributed by atoms with Gasteiger partial charge in [0.25, 0.3) is 5.91 Å². The zero-order valence-corrected chi connectivity index (χ0v) is 17.7. The van der Waals surface area contributed by atoms with Crippen LogP contribution in [0.25, 0.3) is 11.3 Å². The highest BCUT2D eigenvalue weighted by Crippen LogP contribution is 2.60. The van der Waals surface area contributed by atoms with Gasteiger partial charge in [0.15, 0.2) is 4.80 Å². The van der Waals surface area contributed by atoms with Crippen LogP contribution in [0.15, 0.2) is 29.3 Å². The highest BCUT2D eigenvalue weighted by atomic mass is 32.1. The number of amides is 1. The minimum absolute atomic E-state index is 0.143. The van der Waals surface area contributed by atoms with Gasteiger partial charge in [-0.1, -0.05) is 0 Å². The molecule has 1 heterocycles. The molecule has 0 aliphatic heterocycles. The summed E-state index contributed by atoms with van der Waals surface area (Å²) >= 11 is 1.62. The third-order valence-corrected chi connectivity index (χ3v) is 8.30. The molecule has 2 aromatic rings. The number of methoxy groups -OCH3 is 1. The predicted octanol–water partition coefficient (Wildman–Crippen LogP) is 4.71. The van der Waals surface area contributed by atoms with E-state index in [2.05, 4.69) is 23.6 Å². The van der Waals surface area contributed by atoms with Gasteiger partial charge >= 0.3 is 0 Å². The Balaban J connectivity index is 1.50. The molecule has 148 valence electrons. The molecule has 0 spiro atoms. The van der Waals surface area contributed by atoms with Crippen molar-refractivity contribution in [2.45, 2.75) is 45.4 Å². The molecule has 0 saturated heterocycles. The van der Waals surface area contributed by atoms with Crippen molar-refractivity contribution in [2.24, 2.45) is 35.2 Å². The summed E-state index contributed by atoms with van der Waals surface area (Å²) in [4.78, 5) is 20.1. The SMILES string of the molecule is COc1ccc(-c2c(C)sc(=NC(=O)C34CC5CC(CC(C5)C3)C4)n2C)cc1. The Bertz CT molecular complexity index is 948. The van der Waals surface area contributed by atoms with E-state index in [1.165, 1.54) is 24.1 Å². The zero-order chi connectivity index (χ0) is 19.5. The smallest absolute Gasteiger partial charge is 0.254 e. The van der Waals surface area contributed by atoms with E-state index in [0.29, 0.717) is 0 Å². The number of hydrogen-bond acceptors (Lipinski definition) is 3. The predicted molar refractivity (Wildman–Crippen MR) is 111 cm³/mol. The van der Waals surface area contributed by atoms with Crippen LogP contribution < -0.4 is 9.54 Å². The Morgan fingerprint density at radius 3 is 2.21 bits per heavy atom. The van der Waals surface area contributed by atoms with Crippen molar-refractivity contribution < 1.29 is 9.53 Å². The molecule has 0 radical (unpaired) electrons. The van der Waals surface area contributed by atoms with Crippen LogP contribution in [-0.4, -0.2) is 17.6 Å². The molecule has 0 unspecified atom stereocenters. The van der Waals surface area contributed by atoms with Gasteiger partial charge in [-0.05, 0) is 93.0 Å². The summed E-state index contributed by atoms with van der Waals surface area (Å²) in [6, 6.07) is 8.09. The van der Waals surface area contributed by atoms with Gasteiger partial charge in [0.1, 0.15) is 5.75 Å². The van der Waals surface area contributed by atoms with Gasteiger partial charge in [-0.15, -0.1) is 11.3 Å². The monoisotopic (exact) mass is 396 g/mol. The number of ether oxygens (including phenoxy) is 1. The standard InChI is InChI=1S/C23H28N2O2S/c1-14-20(18-4-6-19(27-3)7-5-18)25(2)22(28-14)24-21(26)23-11-15-8-16(12-23)10-17(9-15)13-23/h4-7,15-17H,8-13H2,1-3H3. The van der Waals surface area contributed by atoms with Crippen LogP contribution in [0.3, 0.4) is 0 Å². The molecule has 5 heteroatoms. The maximum absolute atomic E-state index is 13.4. The Labute approximate surface area is 170 Å². The van der Waals surface area contributed by atoms with Crippen LogP contribution in [0.4, 0.5) is 0 Å². The number of nitrogens with zero attached hydrogens (tertiary/aromatic N) is 2. The third-order valence-electron chi connectivity index (χ3n) is 7.25. The summed E-state index contributed by atoms with van der Waals surface area (Å²) in [5.41, 5.74) is 2.09. The Morgan fingerprint density at radius 2 is 1.68 bits per heavy atom. The first-order valence-corrected chi connectivity index (χ1v) is 11.2. The Kier molecular flexibility index (Phi) is 4.27. The van der Waals surface area contributed by atoms with Crippen LogP contribution in [0.1, 0.15) is 43.4 Å². The largest absolute Gasteiger partial charge is 0.497 e. The maximum atomic E-state index is 13.4. The Morgan fingerprint density at radius 1 is 1.11 bits per heavy atom. The lowest BCUT2D eigenvalue weighted by molar-refractivity contribution is -0.142. The van der Waals surface area contributed by atoms with Gasteiger partial charge in [0.05, 0.1) is 18.2 Å². The third kappa shape index (κ3) is 2.86. The number of carbonyl (C=O) groups is 1. The molecule has 4 saturated carbocycles. The lowest BCUT2D eigenvalue weighted by Crippen LogP contribution is -2.49. The summed E-state index contributed by atoms with van der Waals surface area (Å²) in [5.74, 6) is 3.28. The van der Waals surface area contributed by atoms with E-state index < -0.39 is 0 Å². The van der Waals surface area contributed by atoms with Crippen LogP contribution in [-0.2, 0) is 11.8 Å². The zero-order valence-electron chi connectivity index (χ0n) is 16.9. The number of thiazole rings is 1. The minimum Gasteiger partial charge on any atom is -0.497 e. The first-order valence-electron chi connectivity index (χ1n) is 10.4. The fourth-order valence-corrected chi connectivity index (χ4v) is 7.39. The molecular formula is C23H28N2O2S. The van der Waals surface area contributed by atoms with Gasteiger partial charge in [0.2, 0.25) is 0 Å². The first-order chi connectivity index (χ1) is 13.5. The number of aryl methyl sites for hydroxylation is 1. The summed E-state index contributed by atoms with van der Waals surface area (Å²) in [6.45, 7) is 2.11. The molecule has 4 aliphatic carbocycles. The second-order valence-electron chi connectivity index (χ2n) is 9.19. The van der Waals surface area contributed by atoms with E-state index >= 15 is 0 Å². The maximum Gasteiger partial charge on any atom is 0.254 e. The van der Waals surface area contributed by atoms with E-state index in [1.807, 2.05) is 19.2 Å². The van der Waals surface area contributed by atoms with Gasteiger partial charge in [-0.25, -0.2) is 0 Å². The number of hydrogen-bond donors (Lipinski definition) is 0. The van der Waals surface area contributed by atoms with Gasteiger partial charge in [-0.3, -0.25) is 4.79 Å². The molecule has 0 N–H and O–H groups in total. The van der Waals surface area contributed by atoms with Crippen molar-refractivity contribution in [1.82, 2.24) is 4.57 Å². The average Bonchev–Trinajstić information content (AvgIpc) is 2.94. The molecule has 1 aromatic carbocycles. The highest BCUT2D eigenvalue weighted by molar-refractivity contribution is 7.09. The van der Waals surface area contributed by atoms with Crippen molar-refractivity contribution in [3.8, 4) is 17.0 Å². The molecule has 1 amide bonds. The van der Waals surface area contributed by atoms with Crippen molar-refractivity contribution >= 4 is 17.2 Å². The van der Waals surface area contributed by atoms with Crippen molar-refractivity contribution in [2.75, 3.05) is 7.11 Å². The normalized spacial score (nSPS) is 31.4. The van der Waals surface area contributed by atoms with Crippen LogP contribution in [0, 0.1) is 30.1 Å². The quantitative estimate of drug-likeness (QED) is 0.754. The fourth-order valence-electron chi connectivity index (χ4n) is 6.41. The van der Waals surface area contributed by atoms with E-state index in [-0.39, 0.29) is 11.3 Å². The first kappa shape index (κ1) is 18.2. The lowest BCUT2D eigenvalue weighted by Gasteiger charge is -2.55. The second-order valence-corrected chi connectivity index (χ2v) is 10.4. The van der Waals surface area contributed by atoms with E-state index in [9.17, 15) is 4.79 Å². The summed E-state index contributed by atoms with van der Waals surface area (Å²) in [7, 11) is 3.70. The van der Waals surface area contributed by atoms with Crippen molar-refractivity contribution in [1.29, 1.82) is 0 Å². The molecule has 4 bridgehead atoms. The second kappa shape index (κ2) is 6.58. The number of carbonyl (C=O) groups excluding carboxylic acids is 1. The van der Waals surface area contributed by atoms with E-state index in [1.54, 1.807) is 18.4 Å². The molecule has 4 aliphatic rings. The summed E-state index contributed by atoms with van der Waals surface area (Å²) < 4.78 is 7.36. The Hall–Kier alpha value is -1.88. The lowest BCUT2D eigenvalue weighted by atomic mass is 9.49. The molecule has 1 aromatic heterocycles. The molecule has 28 heavy (non-hydrogen) atoms. The topological polar surface area (TPSA) is 43.6 Å². The molecular weight excluding hydrogens is 368 g/mol. The van der Waals surface area contributed by atoms with Crippen molar-refractivity contribution in [3.05, 3.63) is 33.9 Å². The van der Waals surface area contributed by atoms with Crippen LogP contribution in [0.5, 0.6) is 5.75 Å². The average molecular weight is 397 g/mol. The minimum atomic E-state index is -0.167. The summed E-state index contributed by atoms with van der Waals surface area (Å²) in [6.07, 6.45) is 7.25. The molecule has 4 nitrogen and oxygen atoms in total. The van der Waals surface area contributed by atoms with Crippen molar-refractivity contribution in [3.63, 3.8) is 0 Å². The number of benzene rings is 1. The fraction of sp³-hybridized carbons (Fsp3) is 0.565. The molecule has 6 rings (SSSR count). The van der Waals surface area contributed by atoms with Gasteiger partial charge < -0.3 is 9.30 Å². The van der Waals surface area contributed by atoms with E-state index in [4.69, 9.17) is 9.73 Å². The highest BCUT2D eigenvalue weighted by Gasteiger charge is 2.54. The molecule has 4 fully saturated rings. The van der Waals surface area contributed by atoms with Crippen LogP contribution >= 0.6 is 11.3 Å². The molecule has 0 atom stereocenters. The summed E-state index contributed by atoms with van der Waals surface area (Å²) in [5, 5.41) is 0. The van der Waals surface area contributed by atoms with E-state index in [0.717, 1.165) is 58.8 Å². The van der Waals surface area contributed by atoms with Crippen LogP contribution in [0.2, 0.25) is 0 Å². The van der Waals surface area contributed by atoms with Gasteiger partial charge in [0, 0.05) is 11.9 Å². The van der Waals surface area contributed by atoms with Gasteiger partial charge in [-0.2, -0.15) is 4.99 Å².